The maximum absolute atomic E-state index is 13.8. The number of thiazole rings is 1. The Morgan fingerprint density at radius 3 is 2.29 bits per heavy atom. The Morgan fingerprint density at radius 2 is 1.62 bits per heavy atom. The molecule has 2 unspecified atom stereocenters. The topological polar surface area (TPSA) is 28.2 Å². The Morgan fingerprint density at radius 1 is 0.933 bits per heavy atom. The van der Waals surface area contributed by atoms with E-state index in [1.165, 1.54) is 42.9 Å². The van der Waals surface area contributed by atoms with Gasteiger partial charge in [0.1, 0.15) is 16.5 Å². The van der Waals surface area contributed by atoms with Gasteiger partial charge in [-0.3, -0.25) is 9.36 Å². The lowest BCUT2D eigenvalue weighted by atomic mass is 9.97. The first kappa shape index (κ1) is 31.5. The van der Waals surface area contributed by atoms with Crippen molar-refractivity contribution in [2.75, 3.05) is 18.0 Å². The second kappa shape index (κ2) is 13.9. The van der Waals surface area contributed by atoms with E-state index in [4.69, 9.17) is 0 Å². The van der Waals surface area contributed by atoms with Crippen molar-refractivity contribution < 1.29 is 4.58 Å². The molecule has 4 aromatic rings. The van der Waals surface area contributed by atoms with E-state index in [9.17, 15) is 4.79 Å². The first-order valence-electron chi connectivity index (χ1n) is 15.6. The number of aryl methyl sites for hydroxylation is 2. The van der Waals surface area contributed by atoms with Crippen LogP contribution in [0.3, 0.4) is 0 Å². The molecular weight excluding hydrogens is 611 g/mol. The second-order valence-electron chi connectivity index (χ2n) is 11.4. The van der Waals surface area contributed by atoms with Gasteiger partial charge in [-0.1, -0.05) is 85.4 Å². The van der Waals surface area contributed by atoms with Gasteiger partial charge in [-0.15, -0.1) is 17.9 Å². The molecular formula is C38H40N3OS3+. The second-order valence-corrected chi connectivity index (χ2v) is 14.7. The van der Waals surface area contributed by atoms with Gasteiger partial charge in [0.25, 0.3) is 5.56 Å². The van der Waals surface area contributed by atoms with E-state index in [1.807, 2.05) is 28.5 Å². The number of likely N-dealkylation sites (N-methyl/N-ethyl adjacent to an activating group) is 1. The maximum atomic E-state index is 13.8. The molecule has 7 heteroatoms. The fourth-order valence-electron chi connectivity index (χ4n) is 6.07. The van der Waals surface area contributed by atoms with Gasteiger partial charge in [0.15, 0.2) is 6.04 Å². The number of nitrogens with zero attached hydrogens (tertiary/aromatic N) is 3. The molecule has 3 aromatic carbocycles. The largest absolute Gasteiger partial charge is 0.335 e. The lowest BCUT2D eigenvalue weighted by Crippen LogP contribution is -2.31. The summed E-state index contributed by atoms with van der Waals surface area (Å²) in [6.07, 6.45) is 9.24. The summed E-state index contributed by atoms with van der Waals surface area (Å²) in [7, 11) is 0. The van der Waals surface area contributed by atoms with E-state index in [0.29, 0.717) is 6.54 Å². The zero-order chi connectivity index (χ0) is 31.5. The van der Waals surface area contributed by atoms with E-state index in [2.05, 4.69) is 129 Å². The van der Waals surface area contributed by atoms with E-state index in [-0.39, 0.29) is 16.9 Å². The van der Waals surface area contributed by atoms with Crippen LogP contribution in [0.1, 0.15) is 53.8 Å². The van der Waals surface area contributed by atoms with Crippen molar-refractivity contribution in [1.82, 2.24) is 4.57 Å². The molecule has 1 aromatic heterocycles. The smallest absolute Gasteiger partial charge is 0.269 e. The first-order chi connectivity index (χ1) is 21.9. The van der Waals surface area contributed by atoms with Gasteiger partial charge in [0.2, 0.25) is 5.04 Å². The number of hydrogen-bond acceptors (Lipinski definition) is 5. The molecule has 2 aliphatic heterocycles. The molecule has 0 spiro atoms. The standard InChI is InChI=1S/C38H40N3OS3/c1-6-21-40-30-23-26(4)27(5)24-32(30)44-33(40)20-19-31-38(42)41(22-7-2)35(43-31)25-34-39(8-3)36(28-15-11-9-12-16-28)37(45-34)29-17-13-10-14-18-29/h7,9-20,23-25,36-37H,2,6,8,21-22H2,1,3-5H3/q+1. The summed E-state index contributed by atoms with van der Waals surface area (Å²) in [5, 5.41) is 2.60. The number of allylic oxidation sites excluding steroid dienone is 2. The van der Waals surface area contributed by atoms with Crippen molar-refractivity contribution in [1.29, 1.82) is 0 Å². The minimum atomic E-state index is 0.0307. The number of aromatic nitrogens is 1. The van der Waals surface area contributed by atoms with Crippen LogP contribution in [0.5, 0.6) is 0 Å². The Bertz CT molecular complexity index is 1950. The van der Waals surface area contributed by atoms with Crippen LogP contribution in [0.2, 0.25) is 0 Å². The third-order valence-electron chi connectivity index (χ3n) is 8.43. The minimum absolute atomic E-state index is 0.0307. The highest BCUT2D eigenvalue weighted by atomic mass is 32.2. The Hall–Kier alpha value is -3.52. The van der Waals surface area contributed by atoms with Crippen LogP contribution in [0, 0.1) is 13.8 Å². The van der Waals surface area contributed by atoms with Gasteiger partial charge in [-0.2, -0.15) is 0 Å². The number of hydrogen-bond donors (Lipinski definition) is 0. The molecule has 3 heterocycles. The minimum Gasteiger partial charge on any atom is -0.335 e. The van der Waals surface area contributed by atoms with Crippen LogP contribution >= 0.6 is 34.9 Å². The third kappa shape index (κ3) is 6.31. The lowest BCUT2D eigenvalue weighted by molar-refractivity contribution is -0.562. The summed E-state index contributed by atoms with van der Waals surface area (Å²) in [6, 6.07) is 26.4. The predicted octanol–water partition coefficient (Wildman–Crippen LogP) is 7.80. The van der Waals surface area contributed by atoms with Crippen LogP contribution in [0.4, 0.5) is 5.69 Å². The SMILES string of the molecule is C=CCn1c(=CC2=[N+](CC)C(c3ccccc3)C(c3ccccc3)S2)sc(=CC=C2Sc3cc(C)c(C)cc3N2CCC)c1=O. The van der Waals surface area contributed by atoms with Crippen molar-refractivity contribution in [3.63, 3.8) is 0 Å². The molecule has 0 saturated carbocycles. The highest BCUT2D eigenvalue weighted by molar-refractivity contribution is 8.15. The fourth-order valence-corrected chi connectivity index (χ4v) is 9.86. The highest BCUT2D eigenvalue weighted by Gasteiger charge is 2.43. The van der Waals surface area contributed by atoms with Crippen LogP contribution in [0.15, 0.2) is 106 Å². The number of thioether (sulfide) groups is 2. The summed E-state index contributed by atoms with van der Waals surface area (Å²) in [6.45, 7) is 15.0. The van der Waals surface area contributed by atoms with Gasteiger partial charge >= 0.3 is 0 Å². The number of benzene rings is 3. The molecule has 0 amide bonds. The molecule has 0 N–H and O–H groups in total. The molecule has 0 saturated heterocycles. The molecule has 0 aliphatic carbocycles. The van der Waals surface area contributed by atoms with Crippen LogP contribution in [-0.2, 0) is 6.54 Å². The van der Waals surface area contributed by atoms with Crippen LogP contribution < -0.4 is 19.7 Å². The van der Waals surface area contributed by atoms with E-state index >= 15 is 0 Å². The summed E-state index contributed by atoms with van der Waals surface area (Å²) in [5.74, 6) is 0. The van der Waals surface area contributed by atoms with Gasteiger partial charge in [-0.05, 0) is 79.9 Å². The van der Waals surface area contributed by atoms with Crippen LogP contribution in [0.25, 0.3) is 12.2 Å². The Kier molecular flexibility index (Phi) is 9.69. The maximum Gasteiger partial charge on any atom is 0.269 e. The third-order valence-corrected chi connectivity index (χ3v) is 12.0. The Balaban J connectivity index is 1.44. The monoisotopic (exact) mass is 650 g/mol. The molecule has 0 bridgehead atoms. The van der Waals surface area contributed by atoms with Crippen molar-refractivity contribution in [3.05, 3.63) is 138 Å². The fraction of sp³-hybridized carbons (Fsp3) is 0.263. The van der Waals surface area contributed by atoms with E-state index in [0.717, 1.165) is 28.7 Å². The van der Waals surface area contributed by atoms with Crippen molar-refractivity contribution in [2.45, 2.75) is 56.8 Å². The van der Waals surface area contributed by atoms with Gasteiger partial charge < -0.3 is 4.90 Å². The molecule has 0 radical (unpaired) electrons. The number of fused-ring (bicyclic) bond motifs is 1. The molecule has 4 nitrogen and oxygen atoms in total. The predicted molar refractivity (Wildman–Crippen MR) is 196 cm³/mol. The van der Waals surface area contributed by atoms with Gasteiger partial charge in [-0.25, -0.2) is 4.58 Å². The molecule has 45 heavy (non-hydrogen) atoms. The zero-order valence-corrected chi connectivity index (χ0v) is 28.9. The Labute approximate surface area is 278 Å². The molecule has 2 aliphatic rings. The molecule has 2 atom stereocenters. The normalized spacial score (nSPS) is 19.6. The lowest BCUT2D eigenvalue weighted by Gasteiger charge is -2.19. The van der Waals surface area contributed by atoms with Crippen molar-refractivity contribution in [2.24, 2.45) is 0 Å². The van der Waals surface area contributed by atoms with Crippen LogP contribution in [-0.4, -0.2) is 27.3 Å². The number of rotatable bonds is 9. The van der Waals surface area contributed by atoms with E-state index < -0.39 is 0 Å². The van der Waals surface area contributed by atoms with Gasteiger partial charge in [0, 0.05) is 23.5 Å². The molecule has 230 valence electrons. The van der Waals surface area contributed by atoms with E-state index in [1.54, 1.807) is 23.1 Å². The van der Waals surface area contributed by atoms with Crippen molar-refractivity contribution in [3.8, 4) is 0 Å². The summed E-state index contributed by atoms with van der Waals surface area (Å²) in [4.78, 5) is 17.5. The average molecular weight is 651 g/mol. The highest BCUT2D eigenvalue weighted by Crippen LogP contribution is 2.49. The zero-order valence-electron chi connectivity index (χ0n) is 26.4. The molecule has 0 fully saturated rings. The average Bonchev–Trinajstić information content (AvgIpc) is 3.69. The summed E-state index contributed by atoms with van der Waals surface area (Å²) >= 11 is 5.25. The van der Waals surface area contributed by atoms with Gasteiger partial charge in [0.05, 0.1) is 21.3 Å². The molecule has 6 rings (SSSR count). The summed E-state index contributed by atoms with van der Waals surface area (Å²) in [5.41, 5.74) is 6.52. The van der Waals surface area contributed by atoms with Crippen molar-refractivity contribution >= 4 is 57.7 Å². The first-order valence-corrected chi connectivity index (χ1v) is 18.2. The quantitative estimate of drug-likeness (QED) is 0.137. The summed E-state index contributed by atoms with van der Waals surface area (Å²) < 4.78 is 6.04. The number of anilines is 1.